The molecule has 1 amide bonds. The van der Waals surface area contributed by atoms with Crippen LogP contribution in [0, 0.1) is 0 Å². The maximum Gasteiger partial charge on any atom is 0.241 e. The molecule has 1 atom stereocenters. The summed E-state index contributed by atoms with van der Waals surface area (Å²) in [5, 5.41) is 3.58. The van der Waals surface area contributed by atoms with Gasteiger partial charge in [0.15, 0.2) is 5.82 Å². The maximum absolute atomic E-state index is 11.0. The van der Waals surface area contributed by atoms with E-state index in [2.05, 4.69) is 14.7 Å². The zero-order valence-corrected chi connectivity index (χ0v) is 6.30. The van der Waals surface area contributed by atoms with Crippen LogP contribution in [0.15, 0.2) is 10.9 Å². The Morgan fingerprint density at radius 3 is 3.17 bits per heavy atom. The van der Waals surface area contributed by atoms with Gasteiger partial charge in [-0.25, -0.2) is 0 Å². The van der Waals surface area contributed by atoms with Gasteiger partial charge < -0.3 is 15.2 Å². The van der Waals surface area contributed by atoms with E-state index in [0.717, 1.165) is 0 Å². The molecule has 6 nitrogen and oxygen atoms in total. The highest BCUT2D eigenvalue weighted by Gasteiger charge is 2.33. The van der Waals surface area contributed by atoms with Gasteiger partial charge in [0.25, 0.3) is 0 Å². The van der Waals surface area contributed by atoms with E-state index < -0.39 is 0 Å². The SMILES string of the molecule is NC1CN(Cc2ncon2)C1=O. The van der Waals surface area contributed by atoms with E-state index in [9.17, 15) is 4.79 Å². The molecular formula is C6H8N4O2. The van der Waals surface area contributed by atoms with Gasteiger partial charge in [0, 0.05) is 6.54 Å². The number of carbonyl (C=O) groups is 1. The monoisotopic (exact) mass is 168 g/mol. The van der Waals surface area contributed by atoms with Crippen molar-refractivity contribution in [3.05, 3.63) is 12.2 Å². The van der Waals surface area contributed by atoms with E-state index in [1.807, 2.05) is 0 Å². The fourth-order valence-electron chi connectivity index (χ4n) is 1.10. The maximum atomic E-state index is 11.0. The van der Waals surface area contributed by atoms with Crippen molar-refractivity contribution in [2.24, 2.45) is 5.73 Å². The molecule has 2 rings (SSSR count). The molecule has 0 saturated carbocycles. The van der Waals surface area contributed by atoms with Gasteiger partial charge in [0.2, 0.25) is 12.3 Å². The van der Waals surface area contributed by atoms with Gasteiger partial charge in [-0.1, -0.05) is 5.16 Å². The average Bonchev–Trinajstić information content (AvgIpc) is 2.56. The van der Waals surface area contributed by atoms with Crippen LogP contribution in [0.2, 0.25) is 0 Å². The smallest absolute Gasteiger partial charge is 0.241 e. The summed E-state index contributed by atoms with van der Waals surface area (Å²) < 4.78 is 4.52. The third-order valence-corrected chi connectivity index (χ3v) is 1.79. The molecule has 1 unspecified atom stereocenters. The van der Waals surface area contributed by atoms with Crippen LogP contribution in [0.3, 0.4) is 0 Å². The van der Waals surface area contributed by atoms with E-state index in [1.165, 1.54) is 6.39 Å². The number of nitrogens with zero attached hydrogens (tertiary/aromatic N) is 3. The predicted molar refractivity (Wildman–Crippen MR) is 37.7 cm³/mol. The molecule has 0 bridgehead atoms. The molecule has 0 radical (unpaired) electrons. The number of hydrogen-bond donors (Lipinski definition) is 1. The van der Waals surface area contributed by atoms with Gasteiger partial charge in [-0.05, 0) is 0 Å². The molecule has 1 aliphatic rings. The quantitative estimate of drug-likeness (QED) is 0.557. The lowest BCUT2D eigenvalue weighted by atomic mass is 10.1. The Balaban J connectivity index is 1.94. The van der Waals surface area contributed by atoms with Crippen molar-refractivity contribution in [1.29, 1.82) is 0 Å². The van der Waals surface area contributed by atoms with Crippen molar-refractivity contribution in [2.75, 3.05) is 6.54 Å². The number of hydrogen-bond acceptors (Lipinski definition) is 5. The summed E-state index contributed by atoms with van der Waals surface area (Å²) in [4.78, 5) is 16.4. The van der Waals surface area contributed by atoms with Crippen LogP contribution in [0.25, 0.3) is 0 Å². The van der Waals surface area contributed by atoms with Gasteiger partial charge in [0.05, 0.1) is 6.54 Å². The first-order chi connectivity index (χ1) is 5.77. The van der Waals surface area contributed by atoms with Crippen LogP contribution in [0.4, 0.5) is 0 Å². The standard InChI is InChI=1S/C6H8N4O2/c7-4-1-10(6(4)11)2-5-8-3-12-9-5/h3-4H,1-2,7H2. The largest absolute Gasteiger partial charge is 0.343 e. The second-order valence-electron chi connectivity index (χ2n) is 2.67. The van der Waals surface area contributed by atoms with Gasteiger partial charge in [-0.2, -0.15) is 4.98 Å². The van der Waals surface area contributed by atoms with Crippen molar-refractivity contribution < 1.29 is 9.32 Å². The van der Waals surface area contributed by atoms with E-state index in [4.69, 9.17) is 5.73 Å². The Morgan fingerprint density at radius 1 is 1.83 bits per heavy atom. The Bertz CT molecular complexity index is 284. The summed E-state index contributed by atoms with van der Waals surface area (Å²) in [7, 11) is 0. The van der Waals surface area contributed by atoms with Crippen LogP contribution in [-0.2, 0) is 11.3 Å². The van der Waals surface area contributed by atoms with Crippen molar-refractivity contribution in [2.45, 2.75) is 12.6 Å². The summed E-state index contributed by atoms with van der Waals surface area (Å²) >= 11 is 0. The summed E-state index contributed by atoms with van der Waals surface area (Å²) in [6, 6.07) is -0.336. The van der Waals surface area contributed by atoms with E-state index in [0.29, 0.717) is 18.9 Å². The summed E-state index contributed by atoms with van der Waals surface area (Å²) in [6.07, 6.45) is 1.24. The average molecular weight is 168 g/mol. The van der Waals surface area contributed by atoms with Crippen LogP contribution in [0.5, 0.6) is 0 Å². The van der Waals surface area contributed by atoms with Crippen molar-refractivity contribution >= 4 is 5.91 Å². The fraction of sp³-hybridized carbons (Fsp3) is 0.500. The van der Waals surface area contributed by atoms with Gasteiger partial charge >= 0.3 is 0 Å². The Hall–Kier alpha value is -1.43. The number of amides is 1. The lowest BCUT2D eigenvalue weighted by Crippen LogP contribution is -2.60. The highest BCUT2D eigenvalue weighted by Crippen LogP contribution is 2.10. The number of β-lactam (4-membered cyclic amide) rings is 1. The second kappa shape index (κ2) is 2.56. The minimum Gasteiger partial charge on any atom is -0.343 e. The molecule has 1 aromatic heterocycles. The molecule has 2 N–H and O–H groups in total. The first kappa shape index (κ1) is 7.23. The van der Waals surface area contributed by atoms with Crippen molar-refractivity contribution in [1.82, 2.24) is 15.0 Å². The molecule has 1 saturated heterocycles. The molecule has 6 heteroatoms. The number of nitrogens with two attached hydrogens (primary N) is 1. The lowest BCUT2D eigenvalue weighted by Gasteiger charge is -2.34. The number of rotatable bonds is 2. The highest BCUT2D eigenvalue weighted by atomic mass is 16.5. The topological polar surface area (TPSA) is 85.2 Å². The van der Waals surface area contributed by atoms with Crippen LogP contribution in [0.1, 0.15) is 5.82 Å². The third-order valence-electron chi connectivity index (χ3n) is 1.79. The number of carbonyl (C=O) groups excluding carboxylic acids is 1. The summed E-state index contributed by atoms with van der Waals surface area (Å²) in [6.45, 7) is 0.969. The lowest BCUT2D eigenvalue weighted by molar-refractivity contribution is -0.143. The van der Waals surface area contributed by atoms with Crippen LogP contribution in [-0.4, -0.2) is 33.5 Å². The zero-order valence-electron chi connectivity index (χ0n) is 6.30. The molecule has 2 heterocycles. The first-order valence-electron chi connectivity index (χ1n) is 3.57. The molecule has 0 aromatic carbocycles. The summed E-state index contributed by atoms with van der Waals surface area (Å²) in [5.74, 6) is 0.454. The van der Waals surface area contributed by atoms with Crippen molar-refractivity contribution in [3.63, 3.8) is 0 Å². The van der Waals surface area contributed by atoms with E-state index in [1.54, 1.807) is 4.90 Å². The van der Waals surface area contributed by atoms with E-state index >= 15 is 0 Å². The minimum absolute atomic E-state index is 0.0557. The molecule has 64 valence electrons. The molecule has 0 aliphatic carbocycles. The molecule has 1 aromatic rings. The minimum atomic E-state index is -0.336. The number of likely N-dealkylation sites (tertiary alicyclic amines) is 1. The van der Waals surface area contributed by atoms with Gasteiger partial charge in [-0.15, -0.1) is 0 Å². The van der Waals surface area contributed by atoms with Gasteiger partial charge in [0.1, 0.15) is 6.04 Å². The zero-order chi connectivity index (χ0) is 8.55. The normalized spacial score (nSPS) is 22.6. The fourth-order valence-corrected chi connectivity index (χ4v) is 1.10. The highest BCUT2D eigenvalue weighted by molar-refractivity contribution is 5.87. The molecule has 12 heavy (non-hydrogen) atoms. The van der Waals surface area contributed by atoms with Crippen molar-refractivity contribution in [3.8, 4) is 0 Å². The van der Waals surface area contributed by atoms with Crippen LogP contribution < -0.4 is 5.73 Å². The molecule has 1 fully saturated rings. The van der Waals surface area contributed by atoms with Crippen LogP contribution >= 0.6 is 0 Å². The predicted octanol–water partition coefficient (Wildman–Crippen LogP) is -1.26. The van der Waals surface area contributed by atoms with Gasteiger partial charge in [-0.3, -0.25) is 4.79 Å². The molecule has 0 spiro atoms. The number of aromatic nitrogens is 2. The molecule has 1 aliphatic heterocycles. The van der Waals surface area contributed by atoms with E-state index in [-0.39, 0.29) is 11.9 Å². The molecular weight excluding hydrogens is 160 g/mol. The Morgan fingerprint density at radius 2 is 2.67 bits per heavy atom. The summed E-state index contributed by atoms with van der Waals surface area (Å²) in [5.41, 5.74) is 5.39. The third kappa shape index (κ3) is 1.06. The Kier molecular flexibility index (Phi) is 1.54. The first-order valence-corrected chi connectivity index (χ1v) is 3.57. The second-order valence-corrected chi connectivity index (χ2v) is 2.67. The Labute approximate surface area is 68.3 Å².